The molecule has 0 aliphatic carbocycles. The minimum absolute atomic E-state index is 0.953. The number of aromatic nitrogens is 4. The van der Waals surface area contributed by atoms with Crippen LogP contribution >= 0.6 is 15.9 Å². The first-order chi connectivity index (χ1) is 36.1. The van der Waals surface area contributed by atoms with Gasteiger partial charge in [-0.1, -0.05) is 192 Å². The molecule has 344 valence electrons. The zero-order valence-corrected chi connectivity index (χ0v) is 41.0. The molecular weight excluding hydrogens is 957 g/mol. The third-order valence-corrected chi connectivity index (χ3v) is 14.6. The molecule has 2 aliphatic heterocycles. The number of anilines is 6. The predicted octanol–water partition coefficient (Wildman–Crippen LogP) is 18.2. The second kappa shape index (κ2) is 17.5. The molecule has 73 heavy (non-hydrogen) atoms. The van der Waals surface area contributed by atoms with Crippen LogP contribution in [-0.4, -0.2) is 19.1 Å². The van der Waals surface area contributed by atoms with Gasteiger partial charge in [-0.2, -0.15) is 0 Å². The monoisotopic (exact) mass is 998 g/mol. The number of nitrogens with zero attached hydrogens (tertiary/aromatic N) is 6. The van der Waals surface area contributed by atoms with Crippen LogP contribution in [0.25, 0.3) is 89.2 Å². The van der Waals surface area contributed by atoms with Gasteiger partial charge in [0.25, 0.3) is 0 Å². The molecule has 0 saturated heterocycles. The van der Waals surface area contributed by atoms with Crippen LogP contribution in [0.4, 0.5) is 34.1 Å². The zero-order chi connectivity index (χ0) is 48.4. The number of halogens is 1. The van der Waals surface area contributed by atoms with E-state index >= 15 is 0 Å². The molecule has 0 saturated carbocycles. The Morgan fingerprint density at radius 1 is 0.274 bits per heavy atom. The molecule has 2 aliphatic rings. The fourth-order valence-electron chi connectivity index (χ4n) is 10.7. The second-order valence-electron chi connectivity index (χ2n) is 18.4. The van der Waals surface area contributed by atoms with Gasteiger partial charge in [0.1, 0.15) is 11.6 Å². The summed E-state index contributed by atoms with van der Waals surface area (Å²) in [5.41, 5.74) is 20.2. The molecule has 0 amide bonds. The van der Waals surface area contributed by atoms with Gasteiger partial charge >= 0.3 is 0 Å². The molecule has 0 fully saturated rings. The molecule has 0 unspecified atom stereocenters. The van der Waals surface area contributed by atoms with E-state index in [1.54, 1.807) is 0 Å². The highest BCUT2D eigenvalue weighted by Crippen LogP contribution is 2.51. The minimum atomic E-state index is 0.953. The van der Waals surface area contributed by atoms with Crippen molar-refractivity contribution < 1.29 is 0 Å². The van der Waals surface area contributed by atoms with Crippen LogP contribution < -0.4 is 9.80 Å². The third-order valence-electron chi connectivity index (χ3n) is 14.1. The topological polar surface area (TPSA) is 42.1 Å². The maximum atomic E-state index is 5.16. The molecule has 2 aromatic heterocycles. The van der Waals surface area contributed by atoms with Crippen molar-refractivity contribution in [2.24, 2.45) is 0 Å². The lowest BCUT2D eigenvalue weighted by molar-refractivity contribution is 1.06. The van der Waals surface area contributed by atoms with E-state index in [0.29, 0.717) is 0 Å². The highest BCUT2D eigenvalue weighted by atomic mass is 79.9. The van der Waals surface area contributed by atoms with Crippen LogP contribution in [-0.2, 0) is 0 Å². The lowest BCUT2D eigenvalue weighted by atomic mass is 9.97. The number of imidazole rings is 2. The first kappa shape index (κ1) is 42.6. The van der Waals surface area contributed by atoms with Crippen molar-refractivity contribution in [3.63, 3.8) is 0 Å². The van der Waals surface area contributed by atoms with Crippen LogP contribution in [0.2, 0.25) is 0 Å². The van der Waals surface area contributed by atoms with Gasteiger partial charge in [-0.15, -0.1) is 0 Å². The third kappa shape index (κ3) is 7.23. The number of fused-ring (bicyclic) bond motifs is 5. The van der Waals surface area contributed by atoms with Crippen molar-refractivity contribution in [3.05, 3.63) is 265 Å². The normalized spacial score (nSPS) is 12.1. The van der Waals surface area contributed by atoms with E-state index in [4.69, 9.17) is 9.97 Å². The summed E-state index contributed by atoms with van der Waals surface area (Å²) in [6, 6.07) is 92.2. The van der Waals surface area contributed by atoms with E-state index in [1.807, 2.05) is 12.1 Å². The summed E-state index contributed by atoms with van der Waals surface area (Å²) >= 11 is 3.67. The van der Waals surface area contributed by atoms with Gasteiger partial charge in [0.05, 0.1) is 56.2 Å². The smallest absolute Gasteiger partial charge is 0.145 e. The molecule has 11 aromatic carbocycles. The van der Waals surface area contributed by atoms with Gasteiger partial charge in [0.2, 0.25) is 0 Å². The minimum Gasteiger partial charge on any atom is -0.306 e. The van der Waals surface area contributed by atoms with Gasteiger partial charge < -0.3 is 9.80 Å². The summed E-state index contributed by atoms with van der Waals surface area (Å²) < 4.78 is 5.68. The SMILES string of the molecule is Brc1ccc2c(c1)N(c1ccccc1)c1cccc3nc(-c4ccccc4)n-2c13.c1ccc(-c2nc3cccc4c3n2-c2ccc(-c3ccc(-c5ccc6ccccc6c5)cc3)cc2N4c2ccccc2)cc1. The predicted molar refractivity (Wildman–Crippen MR) is 306 cm³/mol. The highest BCUT2D eigenvalue weighted by molar-refractivity contribution is 9.10. The fraction of sp³-hybridized carbons (Fsp3) is 0. The number of para-hydroxylation sites is 4. The molecule has 0 bridgehead atoms. The second-order valence-corrected chi connectivity index (χ2v) is 19.3. The van der Waals surface area contributed by atoms with E-state index in [1.165, 1.54) is 33.0 Å². The summed E-state index contributed by atoms with van der Waals surface area (Å²) in [5, 5.41) is 2.52. The quantitative estimate of drug-likeness (QED) is 0.166. The number of rotatable bonds is 6. The Hall–Kier alpha value is -9.30. The Bertz CT molecular complexity index is 4210. The lowest BCUT2D eigenvalue weighted by Crippen LogP contribution is -2.18. The van der Waals surface area contributed by atoms with Gasteiger partial charge in [0.15, 0.2) is 0 Å². The van der Waals surface area contributed by atoms with Crippen LogP contribution in [0.15, 0.2) is 265 Å². The summed E-state index contributed by atoms with van der Waals surface area (Å²) in [5.74, 6) is 1.92. The molecule has 0 N–H and O–H groups in total. The van der Waals surface area contributed by atoms with Gasteiger partial charge in [-0.05, 0) is 118 Å². The molecule has 7 heteroatoms. The maximum Gasteiger partial charge on any atom is 0.145 e. The van der Waals surface area contributed by atoms with E-state index in [-0.39, 0.29) is 0 Å². The largest absolute Gasteiger partial charge is 0.306 e. The molecule has 4 heterocycles. The Morgan fingerprint density at radius 2 is 0.699 bits per heavy atom. The van der Waals surface area contributed by atoms with Crippen LogP contribution in [0.5, 0.6) is 0 Å². The highest BCUT2D eigenvalue weighted by Gasteiger charge is 2.31. The molecular formula is C66H43BrN6. The molecule has 0 atom stereocenters. The lowest BCUT2D eigenvalue weighted by Gasteiger charge is -2.33. The summed E-state index contributed by atoms with van der Waals surface area (Å²) in [7, 11) is 0. The van der Waals surface area contributed by atoms with Crippen molar-refractivity contribution in [1.82, 2.24) is 19.1 Å². The Balaban J connectivity index is 0.000000147. The van der Waals surface area contributed by atoms with E-state index in [2.05, 4.69) is 284 Å². The Labute approximate surface area is 431 Å². The van der Waals surface area contributed by atoms with E-state index < -0.39 is 0 Å². The first-order valence-electron chi connectivity index (χ1n) is 24.5. The summed E-state index contributed by atoms with van der Waals surface area (Å²) in [4.78, 5) is 14.9. The van der Waals surface area contributed by atoms with Crippen molar-refractivity contribution in [3.8, 4) is 56.4 Å². The number of hydrogen-bond donors (Lipinski definition) is 0. The maximum absolute atomic E-state index is 5.16. The summed E-state index contributed by atoms with van der Waals surface area (Å²) in [6.07, 6.45) is 0. The van der Waals surface area contributed by atoms with Crippen LogP contribution in [0.3, 0.4) is 0 Å². The van der Waals surface area contributed by atoms with Crippen molar-refractivity contribution >= 4 is 82.9 Å². The molecule has 15 rings (SSSR count). The fourth-order valence-corrected chi connectivity index (χ4v) is 11.1. The van der Waals surface area contributed by atoms with Crippen LogP contribution in [0, 0.1) is 0 Å². The summed E-state index contributed by atoms with van der Waals surface area (Å²) in [6.45, 7) is 0. The molecule has 6 nitrogen and oxygen atoms in total. The Morgan fingerprint density at radius 3 is 1.23 bits per heavy atom. The van der Waals surface area contributed by atoms with E-state index in [9.17, 15) is 0 Å². The number of hydrogen-bond acceptors (Lipinski definition) is 4. The average Bonchev–Trinajstić information content (AvgIpc) is 4.06. The number of benzene rings is 11. The zero-order valence-electron chi connectivity index (χ0n) is 39.4. The van der Waals surface area contributed by atoms with Crippen molar-refractivity contribution in [2.45, 2.75) is 0 Å². The van der Waals surface area contributed by atoms with Crippen molar-refractivity contribution in [2.75, 3.05) is 9.80 Å². The van der Waals surface area contributed by atoms with Crippen molar-refractivity contribution in [1.29, 1.82) is 0 Å². The molecule has 13 aromatic rings. The molecule has 0 spiro atoms. The van der Waals surface area contributed by atoms with Gasteiger partial charge in [-0.3, -0.25) is 9.13 Å². The first-order valence-corrected chi connectivity index (χ1v) is 25.3. The standard InChI is InChI=1S/C41H27N3.C25H16BrN3/c1-3-11-31(12-4-1)41-42-36-16-9-17-38-40(36)44(41)37-25-24-34(27-39(37)43(38)35-14-5-2-6-15-35)30-20-18-29(19-21-30)33-23-22-28-10-7-8-13-32(28)26-33;26-18-14-15-21-23(16-18)28(19-10-5-2-6-11-19)22-13-7-12-20-24(22)29(21)25(27-20)17-8-3-1-4-9-17/h1-27H;1-16H. The van der Waals surface area contributed by atoms with Gasteiger partial charge in [-0.25, -0.2) is 9.97 Å². The van der Waals surface area contributed by atoms with Gasteiger partial charge in [0, 0.05) is 27.0 Å². The van der Waals surface area contributed by atoms with Crippen LogP contribution in [0.1, 0.15) is 0 Å². The molecule has 0 radical (unpaired) electrons. The Kier molecular flexibility index (Phi) is 10.2. The van der Waals surface area contributed by atoms with E-state index in [0.717, 1.165) is 94.8 Å². The average molecular weight is 1000 g/mol.